The van der Waals surface area contributed by atoms with Crippen LogP contribution in [0.15, 0.2) is 36.4 Å². The van der Waals surface area contributed by atoms with Crippen molar-refractivity contribution in [3.8, 4) is 11.1 Å². The molecule has 196 valence electrons. The lowest BCUT2D eigenvalue weighted by molar-refractivity contribution is -0.120. The van der Waals surface area contributed by atoms with Gasteiger partial charge in [-0.2, -0.15) is 0 Å². The van der Waals surface area contributed by atoms with Crippen LogP contribution in [-0.2, 0) is 26.1 Å². The maximum atomic E-state index is 14.7. The number of piperidine rings is 1. The molecule has 0 radical (unpaired) electrons. The molecule has 0 aliphatic carbocycles. The number of hydrogen-bond donors (Lipinski definition) is 2. The molecule has 1 aliphatic heterocycles. The zero-order chi connectivity index (χ0) is 26.1. The lowest BCUT2D eigenvalue weighted by Crippen LogP contribution is -2.38. The minimum absolute atomic E-state index is 0.152. The summed E-state index contributed by atoms with van der Waals surface area (Å²) in [6.07, 6.45) is 3.18. The first-order chi connectivity index (χ1) is 17.2. The van der Waals surface area contributed by atoms with Crippen LogP contribution in [0, 0.1) is 11.6 Å². The molecule has 0 bridgehead atoms. The molecule has 11 heteroatoms. The number of halogens is 2. The van der Waals surface area contributed by atoms with Gasteiger partial charge in [-0.3, -0.25) is 4.79 Å². The first-order valence-corrected chi connectivity index (χ1v) is 13.5. The fourth-order valence-electron chi connectivity index (χ4n) is 4.06. The highest BCUT2D eigenvalue weighted by atomic mass is 32.2. The molecule has 8 nitrogen and oxygen atoms in total. The fourth-order valence-corrected chi connectivity index (χ4v) is 5.06. The Morgan fingerprint density at radius 1 is 1.06 bits per heavy atom. The topological polar surface area (TPSA) is 105 Å². The van der Waals surface area contributed by atoms with Crippen LogP contribution in [0.5, 0.6) is 0 Å². The molecule has 1 aliphatic rings. The van der Waals surface area contributed by atoms with Gasteiger partial charge >= 0.3 is 5.97 Å². The summed E-state index contributed by atoms with van der Waals surface area (Å²) >= 11 is 0. The van der Waals surface area contributed by atoms with Gasteiger partial charge in [-0.05, 0) is 49.2 Å². The molecule has 2 aromatic rings. The van der Waals surface area contributed by atoms with Crippen LogP contribution >= 0.6 is 0 Å². The van der Waals surface area contributed by atoms with Gasteiger partial charge in [0.1, 0.15) is 17.2 Å². The molecule has 0 spiro atoms. The Labute approximate surface area is 210 Å². The standard InChI is InChI=1S/C25H31F2N3O5S/c1-35-25(32)24-20(6-5-7-21(24)26)18-8-9-19(22(27)16-18)17-28-23(31)10-15-36(33,34)29-11-14-30-12-3-2-4-13-30/h5-9,16,29H,2-4,10-15,17H2,1H3,(H,28,31). The van der Waals surface area contributed by atoms with Gasteiger partial charge in [0.25, 0.3) is 0 Å². The molecule has 0 atom stereocenters. The third-order valence-electron chi connectivity index (χ3n) is 6.04. The summed E-state index contributed by atoms with van der Waals surface area (Å²) in [5, 5.41) is 2.51. The molecule has 2 aromatic carbocycles. The molecule has 1 heterocycles. The van der Waals surface area contributed by atoms with Crippen LogP contribution in [0.2, 0.25) is 0 Å². The largest absolute Gasteiger partial charge is 0.465 e. The maximum Gasteiger partial charge on any atom is 0.341 e. The molecule has 0 unspecified atom stereocenters. The molecule has 0 saturated carbocycles. The Balaban J connectivity index is 1.51. The second-order valence-corrected chi connectivity index (χ2v) is 10.5. The van der Waals surface area contributed by atoms with Crippen LogP contribution in [0.25, 0.3) is 11.1 Å². The number of nitrogens with one attached hydrogen (secondary N) is 2. The van der Waals surface area contributed by atoms with E-state index in [1.165, 1.54) is 30.7 Å². The highest BCUT2D eigenvalue weighted by molar-refractivity contribution is 7.89. The number of esters is 1. The minimum Gasteiger partial charge on any atom is -0.465 e. The van der Waals surface area contributed by atoms with Crippen molar-refractivity contribution in [1.29, 1.82) is 0 Å². The number of ether oxygens (including phenoxy) is 1. The van der Waals surface area contributed by atoms with Crippen LogP contribution in [0.1, 0.15) is 41.6 Å². The Hall–Kier alpha value is -2.89. The number of carbonyl (C=O) groups excluding carboxylic acids is 2. The molecular formula is C25H31F2N3O5S. The lowest BCUT2D eigenvalue weighted by Gasteiger charge is -2.26. The highest BCUT2D eigenvalue weighted by Gasteiger charge is 2.20. The van der Waals surface area contributed by atoms with E-state index in [1.807, 2.05) is 0 Å². The van der Waals surface area contributed by atoms with E-state index in [-0.39, 0.29) is 41.0 Å². The quantitative estimate of drug-likeness (QED) is 0.439. The van der Waals surface area contributed by atoms with E-state index in [0.29, 0.717) is 13.1 Å². The van der Waals surface area contributed by atoms with Gasteiger partial charge in [0, 0.05) is 31.6 Å². The summed E-state index contributed by atoms with van der Waals surface area (Å²) in [5.41, 5.74) is 0.301. The zero-order valence-corrected chi connectivity index (χ0v) is 21.0. The van der Waals surface area contributed by atoms with Gasteiger partial charge in [-0.25, -0.2) is 26.7 Å². The number of rotatable bonds is 11. The number of methoxy groups -OCH3 is 1. The van der Waals surface area contributed by atoms with Gasteiger partial charge in [-0.1, -0.05) is 30.7 Å². The number of sulfonamides is 1. The molecule has 1 amide bonds. The molecule has 3 rings (SSSR count). The number of benzene rings is 2. The van der Waals surface area contributed by atoms with E-state index < -0.39 is 33.5 Å². The van der Waals surface area contributed by atoms with Crippen LogP contribution in [-0.4, -0.2) is 64.2 Å². The fraction of sp³-hybridized carbons (Fsp3) is 0.440. The summed E-state index contributed by atoms with van der Waals surface area (Å²) in [7, 11) is -2.47. The summed E-state index contributed by atoms with van der Waals surface area (Å²) in [4.78, 5) is 26.3. The van der Waals surface area contributed by atoms with Crippen molar-refractivity contribution in [2.75, 3.05) is 39.0 Å². The SMILES string of the molecule is COC(=O)c1c(F)cccc1-c1ccc(CNC(=O)CCS(=O)(=O)NCCN2CCCCC2)c(F)c1. The smallest absolute Gasteiger partial charge is 0.341 e. The minimum atomic E-state index is -3.60. The van der Waals surface area contributed by atoms with Crippen molar-refractivity contribution in [1.82, 2.24) is 14.9 Å². The van der Waals surface area contributed by atoms with Crippen molar-refractivity contribution in [2.45, 2.75) is 32.2 Å². The second kappa shape index (κ2) is 12.9. The summed E-state index contributed by atoms with van der Waals surface area (Å²) in [5.74, 6) is -3.23. The van der Waals surface area contributed by atoms with E-state index in [2.05, 4.69) is 19.7 Å². The van der Waals surface area contributed by atoms with E-state index in [0.717, 1.165) is 45.2 Å². The Morgan fingerprint density at radius 3 is 2.50 bits per heavy atom. The van der Waals surface area contributed by atoms with Crippen LogP contribution in [0.3, 0.4) is 0 Å². The van der Waals surface area contributed by atoms with Crippen LogP contribution < -0.4 is 10.0 Å². The summed E-state index contributed by atoms with van der Waals surface area (Å²) in [6.45, 7) is 2.72. The monoisotopic (exact) mass is 523 g/mol. The van der Waals surface area contributed by atoms with Crippen molar-refractivity contribution in [2.24, 2.45) is 0 Å². The molecule has 2 N–H and O–H groups in total. The van der Waals surface area contributed by atoms with Gasteiger partial charge < -0.3 is 15.0 Å². The third kappa shape index (κ3) is 7.81. The van der Waals surface area contributed by atoms with E-state index >= 15 is 0 Å². The molecular weight excluding hydrogens is 492 g/mol. The van der Waals surface area contributed by atoms with Crippen molar-refractivity contribution in [3.63, 3.8) is 0 Å². The van der Waals surface area contributed by atoms with Gasteiger partial charge in [-0.15, -0.1) is 0 Å². The van der Waals surface area contributed by atoms with Gasteiger partial charge in [0.05, 0.1) is 12.9 Å². The molecule has 1 fully saturated rings. The van der Waals surface area contributed by atoms with Gasteiger partial charge in [0.2, 0.25) is 15.9 Å². The lowest BCUT2D eigenvalue weighted by atomic mass is 9.98. The van der Waals surface area contributed by atoms with Crippen LogP contribution in [0.4, 0.5) is 8.78 Å². The Kier molecular flexibility index (Phi) is 9.91. The molecule has 1 saturated heterocycles. The highest BCUT2D eigenvalue weighted by Crippen LogP contribution is 2.28. The summed E-state index contributed by atoms with van der Waals surface area (Å²) < 4.78 is 60.4. The number of carbonyl (C=O) groups is 2. The Morgan fingerprint density at radius 2 is 1.81 bits per heavy atom. The zero-order valence-electron chi connectivity index (χ0n) is 20.2. The van der Waals surface area contributed by atoms with Crippen molar-refractivity contribution >= 4 is 21.9 Å². The number of likely N-dealkylation sites (tertiary alicyclic amines) is 1. The average molecular weight is 524 g/mol. The predicted octanol–water partition coefficient (Wildman–Crippen LogP) is 2.83. The van der Waals surface area contributed by atoms with Gasteiger partial charge in [0.15, 0.2) is 0 Å². The van der Waals surface area contributed by atoms with E-state index in [9.17, 15) is 26.8 Å². The number of nitrogens with zero attached hydrogens (tertiary/aromatic N) is 1. The van der Waals surface area contributed by atoms with E-state index in [1.54, 1.807) is 0 Å². The summed E-state index contributed by atoms with van der Waals surface area (Å²) in [6, 6.07) is 8.05. The molecule has 36 heavy (non-hydrogen) atoms. The predicted molar refractivity (Wildman–Crippen MR) is 132 cm³/mol. The number of amides is 1. The normalized spacial score (nSPS) is 14.4. The van der Waals surface area contributed by atoms with Crippen molar-refractivity contribution in [3.05, 3.63) is 59.2 Å². The first-order valence-electron chi connectivity index (χ1n) is 11.8. The number of hydrogen-bond acceptors (Lipinski definition) is 6. The molecule has 0 aromatic heterocycles. The average Bonchev–Trinajstić information content (AvgIpc) is 2.86. The first kappa shape index (κ1) is 27.7. The van der Waals surface area contributed by atoms with E-state index in [4.69, 9.17) is 0 Å². The third-order valence-corrected chi connectivity index (χ3v) is 7.43. The second-order valence-electron chi connectivity index (χ2n) is 8.60. The Bertz CT molecular complexity index is 1180. The van der Waals surface area contributed by atoms with Crippen molar-refractivity contribution < 1.29 is 31.5 Å². The maximum absolute atomic E-state index is 14.7.